The fourth-order valence-corrected chi connectivity index (χ4v) is 1.92. The molecule has 4 nitrogen and oxygen atoms in total. The molecule has 0 bridgehead atoms. The van der Waals surface area contributed by atoms with Gasteiger partial charge in [-0.1, -0.05) is 0 Å². The molecule has 0 fully saturated rings. The van der Waals surface area contributed by atoms with Crippen molar-refractivity contribution in [3.8, 4) is 0 Å². The summed E-state index contributed by atoms with van der Waals surface area (Å²) < 4.78 is 0. The zero-order chi connectivity index (χ0) is 11.9. The first kappa shape index (κ1) is 11.9. The van der Waals surface area contributed by atoms with E-state index in [0.29, 0.717) is 0 Å². The minimum Gasteiger partial charge on any atom is -0.290 e. The maximum absolute atomic E-state index is 11.5. The molecule has 1 aliphatic heterocycles. The molecule has 0 spiro atoms. The van der Waals surface area contributed by atoms with Gasteiger partial charge < -0.3 is 0 Å². The van der Waals surface area contributed by atoms with Crippen molar-refractivity contribution < 1.29 is 9.59 Å². The van der Waals surface area contributed by atoms with Crippen LogP contribution in [0.2, 0.25) is 0 Å². The topological polar surface area (TPSA) is 49.4 Å². The molecule has 0 aromatic heterocycles. The minimum absolute atomic E-state index is 0.160. The molecule has 0 aromatic rings. The molecule has 0 saturated heterocycles. The van der Waals surface area contributed by atoms with E-state index in [9.17, 15) is 9.59 Å². The van der Waals surface area contributed by atoms with Crippen LogP contribution in [0.1, 0.15) is 34.6 Å². The average molecular weight is 210 g/mol. The van der Waals surface area contributed by atoms with Crippen LogP contribution in [0.15, 0.2) is 12.2 Å². The number of rotatable bonds is 2. The summed E-state index contributed by atoms with van der Waals surface area (Å²) in [7, 11) is 0. The van der Waals surface area contributed by atoms with Crippen LogP contribution < -0.4 is 5.32 Å². The predicted octanol–water partition coefficient (Wildman–Crippen LogP) is 1.04. The molecule has 0 aromatic carbocycles. The van der Waals surface area contributed by atoms with Gasteiger partial charge in [-0.3, -0.25) is 19.8 Å². The molecular weight excluding hydrogens is 192 g/mol. The van der Waals surface area contributed by atoms with Crippen LogP contribution in [0.25, 0.3) is 0 Å². The minimum atomic E-state index is -0.671. The Morgan fingerprint density at radius 1 is 1.00 bits per heavy atom. The van der Waals surface area contributed by atoms with Gasteiger partial charge in [0.05, 0.1) is 5.66 Å². The monoisotopic (exact) mass is 210 g/mol. The Bertz CT molecular complexity index is 306. The summed E-state index contributed by atoms with van der Waals surface area (Å²) in [5.74, 6) is -0.525. The fraction of sp³-hybridized carbons (Fsp3) is 0.636. The van der Waals surface area contributed by atoms with Gasteiger partial charge in [0.25, 0.3) is 11.8 Å². The number of hydrogen-bond donors (Lipinski definition) is 1. The largest absolute Gasteiger partial charge is 0.290 e. The van der Waals surface area contributed by atoms with Crippen molar-refractivity contribution in [3.05, 3.63) is 12.2 Å². The predicted molar refractivity (Wildman–Crippen MR) is 58.0 cm³/mol. The Labute approximate surface area is 90.3 Å². The molecule has 0 radical (unpaired) electrons. The summed E-state index contributed by atoms with van der Waals surface area (Å²) in [5.41, 5.74) is -0.831. The molecule has 1 rings (SSSR count). The van der Waals surface area contributed by atoms with Gasteiger partial charge in [0.1, 0.15) is 0 Å². The maximum atomic E-state index is 11.5. The van der Waals surface area contributed by atoms with Gasteiger partial charge in [-0.15, -0.1) is 0 Å². The van der Waals surface area contributed by atoms with E-state index in [1.807, 2.05) is 34.6 Å². The second-order valence-electron chi connectivity index (χ2n) is 5.28. The van der Waals surface area contributed by atoms with Crippen molar-refractivity contribution in [1.82, 2.24) is 10.2 Å². The molecule has 2 amide bonds. The molecule has 1 heterocycles. The number of carbonyl (C=O) groups is 2. The van der Waals surface area contributed by atoms with Gasteiger partial charge in [-0.25, -0.2) is 0 Å². The van der Waals surface area contributed by atoms with E-state index in [2.05, 4.69) is 5.32 Å². The van der Waals surface area contributed by atoms with Crippen molar-refractivity contribution in [2.75, 3.05) is 0 Å². The Kier molecular flexibility index (Phi) is 2.74. The van der Waals surface area contributed by atoms with Crippen LogP contribution in [-0.2, 0) is 9.59 Å². The highest BCUT2D eigenvalue weighted by molar-refractivity contribution is 6.13. The fourth-order valence-electron chi connectivity index (χ4n) is 1.92. The maximum Gasteiger partial charge on any atom is 0.255 e. The third kappa shape index (κ3) is 2.65. The Morgan fingerprint density at radius 2 is 1.40 bits per heavy atom. The average Bonchev–Trinajstić information content (AvgIpc) is 2.25. The number of imide groups is 1. The number of nitrogens with zero attached hydrogens (tertiary/aromatic N) is 1. The summed E-state index contributed by atoms with van der Waals surface area (Å²) >= 11 is 0. The van der Waals surface area contributed by atoms with E-state index in [0.717, 1.165) is 0 Å². The summed E-state index contributed by atoms with van der Waals surface area (Å²) in [5, 5.41) is 3.24. The first-order valence-electron chi connectivity index (χ1n) is 4.99. The van der Waals surface area contributed by atoms with E-state index in [4.69, 9.17) is 0 Å². The van der Waals surface area contributed by atoms with E-state index >= 15 is 0 Å². The molecule has 0 saturated carbocycles. The molecule has 1 aliphatic rings. The molecule has 0 unspecified atom stereocenters. The number of hydrogen-bond acceptors (Lipinski definition) is 3. The zero-order valence-electron chi connectivity index (χ0n) is 9.92. The van der Waals surface area contributed by atoms with Gasteiger partial charge in [-0.2, -0.15) is 0 Å². The van der Waals surface area contributed by atoms with Crippen LogP contribution in [0, 0.1) is 0 Å². The second kappa shape index (κ2) is 3.45. The van der Waals surface area contributed by atoms with E-state index in [1.54, 1.807) is 0 Å². The quantitative estimate of drug-likeness (QED) is 0.693. The van der Waals surface area contributed by atoms with Crippen LogP contribution in [0.3, 0.4) is 0 Å². The third-order valence-electron chi connectivity index (χ3n) is 2.05. The van der Waals surface area contributed by atoms with Crippen molar-refractivity contribution in [2.24, 2.45) is 0 Å². The standard InChI is InChI=1S/C11H18N2O2/c1-10(2,3)12-11(4,5)13-8(14)6-7-9(13)15/h6-7,12H,1-5H3. The first-order chi connectivity index (χ1) is 6.63. The van der Waals surface area contributed by atoms with E-state index in [1.165, 1.54) is 17.1 Å². The lowest BCUT2D eigenvalue weighted by Crippen LogP contribution is -2.62. The zero-order valence-corrected chi connectivity index (χ0v) is 9.92. The SMILES string of the molecule is CC(C)(C)NC(C)(C)N1C(=O)C=CC1=O. The van der Waals surface area contributed by atoms with Crippen molar-refractivity contribution >= 4 is 11.8 Å². The van der Waals surface area contributed by atoms with Gasteiger partial charge in [-0.05, 0) is 34.6 Å². The Hall–Kier alpha value is -1.16. The molecule has 1 N–H and O–H groups in total. The lowest BCUT2D eigenvalue weighted by molar-refractivity contribution is -0.144. The van der Waals surface area contributed by atoms with Gasteiger partial charge in [0, 0.05) is 17.7 Å². The van der Waals surface area contributed by atoms with E-state index in [-0.39, 0.29) is 17.4 Å². The van der Waals surface area contributed by atoms with Gasteiger partial charge >= 0.3 is 0 Å². The van der Waals surface area contributed by atoms with Crippen molar-refractivity contribution in [2.45, 2.75) is 45.8 Å². The summed E-state index contributed by atoms with van der Waals surface area (Å²) in [6.07, 6.45) is 2.60. The lowest BCUT2D eigenvalue weighted by atomic mass is 10.0. The summed E-state index contributed by atoms with van der Waals surface area (Å²) in [6, 6.07) is 0. The van der Waals surface area contributed by atoms with Gasteiger partial charge in [0.2, 0.25) is 0 Å². The van der Waals surface area contributed by atoms with Crippen molar-refractivity contribution in [1.29, 1.82) is 0 Å². The number of nitrogens with one attached hydrogen (secondary N) is 1. The second-order valence-corrected chi connectivity index (χ2v) is 5.28. The third-order valence-corrected chi connectivity index (χ3v) is 2.05. The molecule has 84 valence electrons. The highest BCUT2D eigenvalue weighted by atomic mass is 16.2. The van der Waals surface area contributed by atoms with Crippen LogP contribution in [0.5, 0.6) is 0 Å². The Balaban J connectivity index is 2.87. The number of carbonyl (C=O) groups excluding carboxylic acids is 2. The lowest BCUT2D eigenvalue weighted by Gasteiger charge is -2.40. The van der Waals surface area contributed by atoms with Gasteiger partial charge in [0.15, 0.2) is 0 Å². The Morgan fingerprint density at radius 3 is 1.73 bits per heavy atom. The molecule has 4 heteroatoms. The van der Waals surface area contributed by atoms with Crippen LogP contribution in [0.4, 0.5) is 0 Å². The van der Waals surface area contributed by atoms with E-state index < -0.39 is 5.66 Å². The first-order valence-corrected chi connectivity index (χ1v) is 4.99. The van der Waals surface area contributed by atoms with Crippen LogP contribution in [-0.4, -0.2) is 27.9 Å². The highest BCUT2D eigenvalue weighted by Gasteiger charge is 2.38. The molecule has 0 atom stereocenters. The molecule has 15 heavy (non-hydrogen) atoms. The summed E-state index contributed by atoms with van der Waals surface area (Å²) in [6.45, 7) is 9.62. The highest BCUT2D eigenvalue weighted by Crippen LogP contribution is 2.19. The molecule has 0 aliphatic carbocycles. The summed E-state index contributed by atoms with van der Waals surface area (Å²) in [4.78, 5) is 24.2. The number of amides is 2. The van der Waals surface area contributed by atoms with Crippen LogP contribution >= 0.6 is 0 Å². The molecular formula is C11H18N2O2. The smallest absolute Gasteiger partial charge is 0.255 e. The van der Waals surface area contributed by atoms with Crippen molar-refractivity contribution in [3.63, 3.8) is 0 Å². The normalized spacial score (nSPS) is 17.8.